The minimum atomic E-state index is 0.0264. The molecule has 2 N–H and O–H groups in total. The van der Waals surface area contributed by atoms with E-state index in [0.29, 0.717) is 37.1 Å². The molecule has 2 aromatic heterocycles. The Morgan fingerprint density at radius 1 is 1.24 bits per heavy atom. The van der Waals surface area contributed by atoms with Gasteiger partial charge in [0.1, 0.15) is 0 Å². The van der Waals surface area contributed by atoms with E-state index in [9.17, 15) is 4.79 Å². The van der Waals surface area contributed by atoms with Crippen LogP contribution in [0.4, 0.5) is 0 Å². The summed E-state index contributed by atoms with van der Waals surface area (Å²) in [7, 11) is 0. The van der Waals surface area contributed by atoms with Crippen LogP contribution in [0.1, 0.15) is 50.8 Å². The molecule has 0 atom stereocenters. The smallest absolute Gasteiger partial charge is 0.227 e. The Morgan fingerprint density at radius 2 is 2.08 bits per heavy atom. The van der Waals surface area contributed by atoms with Gasteiger partial charge in [0.25, 0.3) is 0 Å². The number of carbonyl (C=O) groups is 1. The topological polar surface area (TPSA) is 80.0 Å². The van der Waals surface area contributed by atoms with Gasteiger partial charge in [-0.1, -0.05) is 36.9 Å². The largest absolute Gasteiger partial charge is 0.355 e. The molecule has 1 aliphatic rings. The van der Waals surface area contributed by atoms with Gasteiger partial charge in [0.2, 0.25) is 17.6 Å². The van der Waals surface area contributed by atoms with Crippen LogP contribution >= 0.6 is 11.3 Å². The van der Waals surface area contributed by atoms with Crippen LogP contribution in [0.3, 0.4) is 0 Å². The summed E-state index contributed by atoms with van der Waals surface area (Å²) >= 11 is 1.57. The molecular formula is C18H26N4O2S. The highest BCUT2D eigenvalue weighted by atomic mass is 32.1. The van der Waals surface area contributed by atoms with Crippen molar-refractivity contribution < 1.29 is 9.32 Å². The molecule has 2 heterocycles. The van der Waals surface area contributed by atoms with Gasteiger partial charge in [0.15, 0.2) is 0 Å². The third-order valence-electron chi connectivity index (χ3n) is 4.51. The van der Waals surface area contributed by atoms with E-state index in [1.54, 1.807) is 11.3 Å². The molecule has 0 aromatic carbocycles. The van der Waals surface area contributed by atoms with Crippen LogP contribution < -0.4 is 10.6 Å². The summed E-state index contributed by atoms with van der Waals surface area (Å²) in [6, 6.07) is 4.52. The van der Waals surface area contributed by atoms with Gasteiger partial charge in [-0.25, -0.2) is 0 Å². The first kappa shape index (κ1) is 18.1. The zero-order valence-electron chi connectivity index (χ0n) is 14.5. The summed E-state index contributed by atoms with van der Waals surface area (Å²) in [5, 5.41) is 12.4. The van der Waals surface area contributed by atoms with E-state index < -0.39 is 0 Å². The number of carbonyl (C=O) groups excluding carboxylic acids is 1. The molecule has 25 heavy (non-hydrogen) atoms. The van der Waals surface area contributed by atoms with E-state index in [2.05, 4.69) is 20.8 Å². The number of aryl methyl sites for hydroxylation is 1. The van der Waals surface area contributed by atoms with E-state index in [1.807, 2.05) is 17.5 Å². The molecule has 0 unspecified atom stereocenters. The average Bonchev–Trinajstić information content (AvgIpc) is 3.24. The lowest BCUT2D eigenvalue weighted by atomic mass is 10.1. The Labute approximate surface area is 152 Å². The van der Waals surface area contributed by atoms with Gasteiger partial charge in [-0.05, 0) is 24.3 Å². The molecule has 1 fully saturated rings. The Morgan fingerprint density at radius 3 is 2.84 bits per heavy atom. The highest BCUT2D eigenvalue weighted by molar-refractivity contribution is 7.13. The van der Waals surface area contributed by atoms with Gasteiger partial charge in [0, 0.05) is 32.0 Å². The van der Waals surface area contributed by atoms with Crippen LogP contribution in [-0.2, 0) is 11.2 Å². The van der Waals surface area contributed by atoms with Crippen molar-refractivity contribution in [1.82, 2.24) is 20.8 Å². The Hall–Kier alpha value is -1.73. The molecule has 0 radical (unpaired) electrons. The van der Waals surface area contributed by atoms with Crippen molar-refractivity contribution in [2.24, 2.45) is 0 Å². The predicted octanol–water partition coefficient (Wildman–Crippen LogP) is 3.16. The molecule has 2 aromatic rings. The summed E-state index contributed by atoms with van der Waals surface area (Å²) in [5.74, 6) is 1.13. The number of rotatable bonds is 8. The average molecular weight is 362 g/mol. The molecule has 1 aliphatic carbocycles. The number of nitrogens with one attached hydrogen (secondary N) is 2. The monoisotopic (exact) mass is 362 g/mol. The predicted molar refractivity (Wildman–Crippen MR) is 98.4 cm³/mol. The zero-order valence-corrected chi connectivity index (χ0v) is 15.3. The maximum Gasteiger partial charge on any atom is 0.227 e. The first-order valence-corrected chi connectivity index (χ1v) is 10.1. The van der Waals surface area contributed by atoms with Crippen molar-refractivity contribution in [2.45, 2.75) is 57.4 Å². The summed E-state index contributed by atoms with van der Waals surface area (Å²) in [6.07, 6.45) is 8.73. The van der Waals surface area contributed by atoms with Gasteiger partial charge >= 0.3 is 0 Å². The molecule has 0 spiro atoms. The van der Waals surface area contributed by atoms with Gasteiger partial charge in [-0.2, -0.15) is 4.98 Å². The quantitative estimate of drug-likeness (QED) is 0.557. The molecule has 0 aliphatic heterocycles. The second kappa shape index (κ2) is 9.68. The lowest BCUT2D eigenvalue weighted by Gasteiger charge is -2.16. The minimum Gasteiger partial charge on any atom is -0.355 e. The molecule has 1 amide bonds. The summed E-state index contributed by atoms with van der Waals surface area (Å²) in [6.45, 7) is 1.50. The fraction of sp³-hybridized carbons (Fsp3) is 0.611. The van der Waals surface area contributed by atoms with Crippen LogP contribution in [0.25, 0.3) is 10.7 Å². The maximum atomic E-state index is 11.9. The van der Waals surface area contributed by atoms with Crippen LogP contribution in [0.5, 0.6) is 0 Å². The SMILES string of the molecule is O=C(CCc1nc(-c2cccs2)no1)NCCNC1CCCCCC1. The Balaban J connectivity index is 1.30. The number of aromatic nitrogens is 2. The fourth-order valence-electron chi connectivity index (χ4n) is 3.13. The number of amides is 1. The van der Waals surface area contributed by atoms with Crippen molar-refractivity contribution >= 4 is 17.2 Å². The van der Waals surface area contributed by atoms with E-state index in [-0.39, 0.29) is 5.91 Å². The highest BCUT2D eigenvalue weighted by Gasteiger charge is 2.12. The second-order valence-electron chi connectivity index (χ2n) is 6.48. The van der Waals surface area contributed by atoms with Crippen LogP contribution in [0.15, 0.2) is 22.0 Å². The summed E-state index contributed by atoms with van der Waals surface area (Å²) < 4.78 is 5.21. The molecular weight excluding hydrogens is 336 g/mol. The third-order valence-corrected chi connectivity index (χ3v) is 5.38. The van der Waals surface area contributed by atoms with E-state index in [4.69, 9.17) is 4.52 Å². The van der Waals surface area contributed by atoms with Crippen molar-refractivity contribution in [3.05, 3.63) is 23.4 Å². The fourth-order valence-corrected chi connectivity index (χ4v) is 3.78. The maximum absolute atomic E-state index is 11.9. The van der Waals surface area contributed by atoms with Gasteiger partial charge in [0.05, 0.1) is 4.88 Å². The van der Waals surface area contributed by atoms with E-state index in [0.717, 1.165) is 11.4 Å². The summed E-state index contributed by atoms with van der Waals surface area (Å²) in [4.78, 5) is 17.2. The van der Waals surface area contributed by atoms with Crippen molar-refractivity contribution in [2.75, 3.05) is 13.1 Å². The van der Waals surface area contributed by atoms with Crippen molar-refractivity contribution in [3.63, 3.8) is 0 Å². The molecule has 3 rings (SSSR count). The molecule has 1 saturated carbocycles. The van der Waals surface area contributed by atoms with Gasteiger partial charge in [-0.3, -0.25) is 4.79 Å². The lowest BCUT2D eigenvalue weighted by molar-refractivity contribution is -0.121. The van der Waals surface area contributed by atoms with Crippen LogP contribution in [0.2, 0.25) is 0 Å². The Kier molecular flexibility index (Phi) is 6.99. The zero-order chi connectivity index (χ0) is 17.3. The number of thiophene rings is 1. The first-order valence-electron chi connectivity index (χ1n) is 9.18. The molecule has 0 saturated heterocycles. The standard InChI is InChI=1S/C18H26N4O2S/c23-16(20-12-11-19-14-6-3-1-2-4-7-14)9-10-17-21-18(22-24-17)15-8-5-13-25-15/h5,8,13-14,19H,1-4,6-7,9-12H2,(H,20,23). The van der Waals surface area contributed by atoms with Crippen LogP contribution in [0, 0.1) is 0 Å². The second-order valence-corrected chi connectivity index (χ2v) is 7.43. The molecule has 0 bridgehead atoms. The van der Waals surface area contributed by atoms with Crippen LogP contribution in [-0.4, -0.2) is 35.2 Å². The number of nitrogens with zero attached hydrogens (tertiary/aromatic N) is 2. The molecule has 136 valence electrons. The lowest BCUT2D eigenvalue weighted by Crippen LogP contribution is -2.36. The molecule has 7 heteroatoms. The van der Waals surface area contributed by atoms with Crippen molar-refractivity contribution in [3.8, 4) is 10.7 Å². The highest BCUT2D eigenvalue weighted by Crippen LogP contribution is 2.21. The van der Waals surface area contributed by atoms with E-state index in [1.165, 1.54) is 38.5 Å². The minimum absolute atomic E-state index is 0.0264. The molecule has 6 nitrogen and oxygen atoms in total. The van der Waals surface area contributed by atoms with Crippen molar-refractivity contribution in [1.29, 1.82) is 0 Å². The number of hydrogen-bond donors (Lipinski definition) is 2. The third kappa shape index (κ3) is 5.93. The normalized spacial score (nSPS) is 15.8. The van der Waals surface area contributed by atoms with Gasteiger partial charge in [-0.15, -0.1) is 11.3 Å². The van der Waals surface area contributed by atoms with E-state index >= 15 is 0 Å². The summed E-state index contributed by atoms with van der Waals surface area (Å²) in [5.41, 5.74) is 0. The number of hydrogen-bond acceptors (Lipinski definition) is 6. The first-order chi connectivity index (χ1) is 12.3. The van der Waals surface area contributed by atoms with Gasteiger partial charge < -0.3 is 15.2 Å². The Bertz CT molecular complexity index is 633.